The van der Waals surface area contributed by atoms with Crippen molar-refractivity contribution in [3.05, 3.63) is 77.1 Å². The maximum atomic E-state index is 13.0. The van der Waals surface area contributed by atoms with Gasteiger partial charge in [-0.1, -0.05) is 35.9 Å². The number of carbonyl (C=O) groups excluding carboxylic acids is 1. The number of rotatable bonds is 2. The van der Waals surface area contributed by atoms with Gasteiger partial charge in [0.15, 0.2) is 0 Å². The van der Waals surface area contributed by atoms with E-state index in [9.17, 15) is 4.79 Å². The molecular formula is C20H19ClN4O. The van der Waals surface area contributed by atoms with E-state index in [1.165, 1.54) is 5.69 Å². The van der Waals surface area contributed by atoms with E-state index in [1.807, 2.05) is 41.3 Å². The second-order valence-corrected chi connectivity index (χ2v) is 6.87. The third-order valence-corrected chi connectivity index (χ3v) is 4.89. The van der Waals surface area contributed by atoms with Gasteiger partial charge < -0.3 is 9.80 Å². The summed E-state index contributed by atoms with van der Waals surface area (Å²) in [5, 5.41) is 4.96. The monoisotopic (exact) mass is 366 g/mol. The molecule has 6 heteroatoms. The molecule has 1 aliphatic rings. The number of anilines is 1. The number of nitrogens with zero attached hydrogens (tertiary/aromatic N) is 4. The lowest BCUT2D eigenvalue weighted by Crippen LogP contribution is -2.34. The van der Waals surface area contributed by atoms with Gasteiger partial charge in [-0.25, -0.2) is 4.68 Å². The summed E-state index contributed by atoms with van der Waals surface area (Å²) in [7, 11) is 2.06. The van der Waals surface area contributed by atoms with E-state index < -0.39 is 0 Å². The van der Waals surface area contributed by atoms with Crippen LogP contribution >= 0.6 is 11.6 Å². The van der Waals surface area contributed by atoms with Crippen LogP contribution in [0, 0.1) is 0 Å². The topological polar surface area (TPSA) is 41.4 Å². The zero-order valence-corrected chi connectivity index (χ0v) is 15.2. The Kier molecular flexibility index (Phi) is 4.39. The van der Waals surface area contributed by atoms with Crippen LogP contribution in [0.3, 0.4) is 0 Å². The molecule has 2 heterocycles. The van der Waals surface area contributed by atoms with Crippen LogP contribution in [0.25, 0.3) is 5.69 Å². The number of hydrogen-bond donors (Lipinski definition) is 0. The van der Waals surface area contributed by atoms with Crippen molar-refractivity contribution in [1.29, 1.82) is 0 Å². The fourth-order valence-corrected chi connectivity index (χ4v) is 3.43. The molecule has 1 amide bonds. The molecular weight excluding hydrogens is 348 g/mol. The minimum absolute atomic E-state index is 0.0108. The highest BCUT2D eigenvalue weighted by Gasteiger charge is 2.23. The molecule has 2 aromatic carbocycles. The summed E-state index contributed by atoms with van der Waals surface area (Å²) in [5.74, 6) is -0.0108. The van der Waals surface area contributed by atoms with E-state index in [0.717, 1.165) is 17.8 Å². The Hall–Kier alpha value is -2.79. The lowest BCUT2D eigenvalue weighted by Gasteiger charge is -2.20. The van der Waals surface area contributed by atoms with Gasteiger partial charge in [0.2, 0.25) is 0 Å². The van der Waals surface area contributed by atoms with Gasteiger partial charge in [0.1, 0.15) is 0 Å². The predicted octanol–water partition coefficient (Wildman–Crippen LogP) is 3.62. The summed E-state index contributed by atoms with van der Waals surface area (Å²) >= 11 is 6.04. The van der Waals surface area contributed by atoms with Gasteiger partial charge in [0.25, 0.3) is 5.91 Å². The molecule has 1 aromatic heterocycles. The van der Waals surface area contributed by atoms with Crippen LogP contribution < -0.4 is 4.90 Å². The van der Waals surface area contributed by atoms with Crippen LogP contribution in [-0.2, 0) is 6.54 Å². The lowest BCUT2D eigenvalue weighted by molar-refractivity contribution is 0.0752. The summed E-state index contributed by atoms with van der Waals surface area (Å²) in [6, 6.07) is 15.6. The molecule has 0 unspecified atom stereocenters. The standard InChI is InChI=1S/C20H19ClN4O/c1-23-9-10-24(13-15-5-2-3-8-19(15)23)20(26)16-12-22-25(14-16)18-7-4-6-17(21)11-18/h2-8,11-12,14H,9-10,13H2,1H3. The molecule has 132 valence electrons. The minimum atomic E-state index is -0.0108. The van der Waals surface area contributed by atoms with Crippen molar-refractivity contribution in [2.45, 2.75) is 6.54 Å². The van der Waals surface area contributed by atoms with Crippen LogP contribution in [-0.4, -0.2) is 40.7 Å². The number of carbonyl (C=O) groups is 1. The molecule has 4 rings (SSSR count). The molecule has 1 aliphatic heterocycles. The predicted molar refractivity (Wildman–Crippen MR) is 103 cm³/mol. The number of aromatic nitrogens is 2. The quantitative estimate of drug-likeness (QED) is 0.695. The Balaban J connectivity index is 1.59. The van der Waals surface area contributed by atoms with E-state index in [-0.39, 0.29) is 5.91 Å². The van der Waals surface area contributed by atoms with E-state index >= 15 is 0 Å². The fraction of sp³-hybridized carbons (Fsp3) is 0.200. The fourth-order valence-electron chi connectivity index (χ4n) is 3.24. The van der Waals surface area contributed by atoms with Gasteiger partial charge in [-0.15, -0.1) is 0 Å². The van der Waals surface area contributed by atoms with Crippen molar-refractivity contribution in [3.8, 4) is 5.69 Å². The Morgan fingerprint density at radius 3 is 2.81 bits per heavy atom. The average Bonchev–Trinajstić information content (AvgIpc) is 3.08. The minimum Gasteiger partial charge on any atom is -0.373 e. The van der Waals surface area contributed by atoms with Crippen LogP contribution in [0.1, 0.15) is 15.9 Å². The Bertz CT molecular complexity index is 952. The third-order valence-electron chi connectivity index (χ3n) is 4.66. The Morgan fingerprint density at radius 2 is 1.96 bits per heavy atom. The number of amides is 1. The SMILES string of the molecule is CN1CCN(C(=O)c2cnn(-c3cccc(Cl)c3)c2)Cc2ccccc21. The Labute approximate surface area is 157 Å². The lowest BCUT2D eigenvalue weighted by atomic mass is 10.1. The summed E-state index contributed by atoms with van der Waals surface area (Å²) in [4.78, 5) is 17.1. The normalized spacial score (nSPS) is 14.1. The largest absolute Gasteiger partial charge is 0.373 e. The summed E-state index contributed by atoms with van der Waals surface area (Å²) in [6.07, 6.45) is 3.37. The van der Waals surface area contributed by atoms with Gasteiger partial charge in [0.05, 0.1) is 17.4 Å². The van der Waals surface area contributed by atoms with Crippen molar-refractivity contribution < 1.29 is 4.79 Å². The highest BCUT2D eigenvalue weighted by Crippen LogP contribution is 2.24. The Morgan fingerprint density at radius 1 is 1.12 bits per heavy atom. The van der Waals surface area contributed by atoms with Crippen molar-refractivity contribution in [3.63, 3.8) is 0 Å². The molecule has 5 nitrogen and oxygen atoms in total. The second-order valence-electron chi connectivity index (χ2n) is 6.43. The molecule has 0 atom stereocenters. The molecule has 0 bridgehead atoms. The van der Waals surface area contributed by atoms with Gasteiger partial charge in [-0.3, -0.25) is 4.79 Å². The first-order valence-corrected chi connectivity index (χ1v) is 8.88. The van der Waals surface area contributed by atoms with E-state index in [2.05, 4.69) is 29.2 Å². The van der Waals surface area contributed by atoms with E-state index in [1.54, 1.807) is 17.1 Å². The van der Waals surface area contributed by atoms with Crippen LogP contribution in [0.15, 0.2) is 60.9 Å². The molecule has 0 fully saturated rings. The van der Waals surface area contributed by atoms with Gasteiger partial charge in [-0.2, -0.15) is 5.10 Å². The first-order chi connectivity index (χ1) is 12.6. The third kappa shape index (κ3) is 3.18. The van der Waals surface area contributed by atoms with Gasteiger partial charge in [0, 0.05) is 43.6 Å². The van der Waals surface area contributed by atoms with Crippen molar-refractivity contribution in [2.24, 2.45) is 0 Å². The first-order valence-electron chi connectivity index (χ1n) is 8.51. The van der Waals surface area contributed by atoms with Crippen LogP contribution in [0.2, 0.25) is 5.02 Å². The summed E-state index contributed by atoms with van der Waals surface area (Å²) in [6.45, 7) is 2.07. The zero-order chi connectivity index (χ0) is 18.1. The number of fused-ring (bicyclic) bond motifs is 1. The van der Waals surface area contributed by atoms with Crippen molar-refractivity contribution in [1.82, 2.24) is 14.7 Å². The van der Waals surface area contributed by atoms with Gasteiger partial charge in [-0.05, 0) is 29.8 Å². The van der Waals surface area contributed by atoms with Crippen LogP contribution in [0.5, 0.6) is 0 Å². The first kappa shape index (κ1) is 16.7. The number of benzene rings is 2. The van der Waals surface area contributed by atoms with E-state index in [4.69, 9.17) is 11.6 Å². The maximum absolute atomic E-state index is 13.0. The highest BCUT2D eigenvalue weighted by molar-refractivity contribution is 6.30. The van der Waals surface area contributed by atoms with Crippen molar-refractivity contribution in [2.75, 3.05) is 25.0 Å². The van der Waals surface area contributed by atoms with Crippen LogP contribution in [0.4, 0.5) is 5.69 Å². The molecule has 26 heavy (non-hydrogen) atoms. The highest BCUT2D eigenvalue weighted by atomic mass is 35.5. The molecule has 0 saturated carbocycles. The number of para-hydroxylation sites is 1. The zero-order valence-electron chi connectivity index (χ0n) is 14.5. The molecule has 0 spiro atoms. The average molecular weight is 367 g/mol. The smallest absolute Gasteiger partial charge is 0.257 e. The number of hydrogen-bond acceptors (Lipinski definition) is 3. The molecule has 0 saturated heterocycles. The van der Waals surface area contributed by atoms with Gasteiger partial charge >= 0.3 is 0 Å². The molecule has 0 N–H and O–H groups in total. The number of likely N-dealkylation sites (N-methyl/N-ethyl adjacent to an activating group) is 1. The maximum Gasteiger partial charge on any atom is 0.257 e. The second kappa shape index (κ2) is 6.84. The molecule has 0 aliphatic carbocycles. The van der Waals surface area contributed by atoms with E-state index in [0.29, 0.717) is 23.7 Å². The molecule has 0 radical (unpaired) electrons. The summed E-state index contributed by atoms with van der Waals surface area (Å²) in [5.41, 5.74) is 3.74. The van der Waals surface area contributed by atoms with Crippen molar-refractivity contribution >= 4 is 23.2 Å². The molecule has 3 aromatic rings. The summed E-state index contributed by atoms with van der Waals surface area (Å²) < 4.78 is 1.68. The number of halogens is 1.